The highest BCUT2D eigenvalue weighted by Crippen LogP contribution is 2.36. The van der Waals surface area contributed by atoms with Crippen molar-refractivity contribution in [2.45, 2.75) is 321 Å². The molecule has 4 N–H and O–H groups in total. The summed E-state index contributed by atoms with van der Waals surface area (Å²) in [5.41, 5.74) is 0. The first-order valence-corrected chi connectivity index (χ1v) is 28.5. The molecule has 0 aliphatic carbocycles. The molecule has 1 amide bonds. The van der Waals surface area contributed by atoms with E-state index < -0.39 is 26.6 Å². The van der Waals surface area contributed by atoms with Crippen LogP contribution in [0.4, 0.5) is 0 Å². The van der Waals surface area contributed by atoms with Crippen molar-refractivity contribution >= 4 is 13.7 Å². The Morgan fingerprint density at radius 2 is 0.650 bits per heavy atom. The molecule has 0 aliphatic heterocycles. The molecule has 0 spiro atoms. The van der Waals surface area contributed by atoms with Gasteiger partial charge in [-0.15, -0.1) is 0 Å². The fourth-order valence-electron chi connectivity index (χ4n) is 8.76. The van der Waals surface area contributed by atoms with Crippen LogP contribution in [0.2, 0.25) is 0 Å². The molecular formula is C52H106NO6P. The maximum atomic E-state index is 12.7. The minimum Gasteiger partial charge on any atom is -0.391 e. The van der Waals surface area contributed by atoms with E-state index in [2.05, 4.69) is 19.2 Å². The van der Waals surface area contributed by atoms with Crippen molar-refractivity contribution in [3.05, 3.63) is 0 Å². The lowest BCUT2D eigenvalue weighted by molar-refractivity contribution is -0.123. The van der Waals surface area contributed by atoms with Crippen molar-refractivity contribution in [2.24, 2.45) is 0 Å². The van der Waals surface area contributed by atoms with Crippen molar-refractivity contribution in [1.29, 1.82) is 0 Å². The van der Waals surface area contributed by atoms with Crippen molar-refractivity contribution in [3.8, 4) is 0 Å². The molecular weight excluding hydrogens is 766 g/mol. The second-order valence-electron chi connectivity index (χ2n) is 18.9. The first-order valence-electron chi connectivity index (χ1n) is 27.0. The number of carbonyl (C=O) groups is 1. The van der Waals surface area contributed by atoms with Crippen molar-refractivity contribution in [3.63, 3.8) is 0 Å². The summed E-state index contributed by atoms with van der Waals surface area (Å²) in [6, 6.07) is -0.819. The highest BCUT2D eigenvalue weighted by molar-refractivity contribution is 7.46. The van der Waals surface area contributed by atoms with Gasteiger partial charge in [0.2, 0.25) is 5.91 Å². The number of phosphoric acid groups is 1. The van der Waals surface area contributed by atoms with Crippen LogP contribution in [0.1, 0.15) is 309 Å². The topological polar surface area (TPSA) is 116 Å². The Balaban J connectivity index is 3.67. The van der Waals surface area contributed by atoms with E-state index in [1.807, 2.05) is 0 Å². The van der Waals surface area contributed by atoms with Crippen LogP contribution in [0.5, 0.6) is 0 Å². The molecule has 0 saturated heterocycles. The maximum Gasteiger partial charge on any atom is 0.469 e. The van der Waals surface area contributed by atoms with Gasteiger partial charge < -0.3 is 20.2 Å². The van der Waals surface area contributed by atoms with Gasteiger partial charge in [0, 0.05) is 6.42 Å². The van der Waals surface area contributed by atoms with Gasteiger partial charge >= 0.3 is 7.82 Å². The normalized spacial score (nSPS) is 12.9. The molecule has 0 rings (SSSR count). The fourth-order valence-corrected chi connectivity index (χ4v) is 9.12. The van der Waals surface area contributed by atoms with Gasteiger partial charge in [0.15, 0.2) is 0 Å². The van der Waals surface area contributed by atoms with Gasteiger partial charge in [-0.1, -0.05) is 290 Å². The molecule has 0 saturated carbocycles. The molecule has 0 aromatic rings. The zero-order valence-corrected chi connectivity index (χ0v) is 41.3. The monoisotopic (exact) mass is 872 g/mol. The van der Waals surface area contributed by atoms with Crippen molar-refractivity contribution < 1.29 is 28.8 Å². The molecule has 0 heterocycles. The quantitative estimate of drug-likeness (QED) is 0.0357. The molecule has 0 unspecified atom stereocenters. The number of phosphoric ester groups is 1. The Bertz CT molecular complexity index is 900. The zero-order chi connectivity index (χ0) is 43.9. The summed E-state index contributed by atoms with van der Waals surface area (Å²) < 4.78 is 16.0. The minimum atomic E-state index is -4.69. The summed E-state index contributed by atoms with van der Waals surface area (Å²) in [7, 11) is -4.69. The van der Waals surface area contributed by atoms with Crippen LogP contribution in [0.3, 0.4) is 0 Å². The Morgan fingerprint density at radius 3 is 0.900 bits per heavy atom. The summed E-state index contributed by atoms with van der Waals surface area (Å²) in [6.07, 6.45) is 58.4. The lowest BCUT2D eigenvalue weighted by Gasteiger charge is -2.24. The summed E-state index contributed by atoms with van der Waals surface area (Å²) in [4.78, 5) is 31.1. The van der Waals surface area contributed by atoms with Gasteiger partial charge in [0.25, 0.3) is 0 Å². The molecule has 0 bridgehead atoms. The van der Waals surface area contributed by atoms with Gasteiger partial charge in [-0.05, 0) is 12.8 Å². The highest BCUT2D eigenvalue weighted by atomic mass is 31.2. The maximum absolute atomic E-state index is 12.7. The second kappa shape index (κ2) is 48.0. The van der Waals surface area contributed by atoms with Gasteiger partial charge in [0.1, 0.15) is 0 Å². The smallest absolute Gasteiger partial charge is 0.391 e. The summed E-state index contributed by atoms with van der Waals surface area (Å²) in [5.74, 6) is -0.185. The van der Waals surface area contributed by atoms with Gasteiger partial charge in [-0.25, -0.2) is 4.57 Å². The highest BCUT2D eigenvalue weighted by Gasteiger charge is 2.25. The third kappa shape index (κ3) is 48.6. The predicted molar refractivity (Wildman–Crippen MR) is 260 cm³/mol. The third-order valence-corrected chi connectivity index (χ3v) is 13.3. The van der Waals surface area contributed by atoms with E-state index in [1.165, 1.54) is 244 Å². The Labute approximate surface area is 374 Å². The molecule has 8 heteroatoms. The van der Waals surface area contributed by atoms with Gasteiger partial charge in [-0.2, -0.15) is 0 Å². The molecule has 0 radical (unpaired) electrons. The molecule has 0 aliphatic rings. The summed E-state index contributed by atoms with van der Waals surface area (Å²) >= 11 is 0. The van der Waals surface area contributed by atoms with E-state index >= 15 is 0 Å². The number of aliphatic hydroxyl groups is 1. The molecule has 2 atom stereocenters. The lowest BCUT2D eigenvalue weighted by Crippen LogP contribution is -2.46. The van der Waals surface area contributed by atoms with Crippen LogP contribution in [0.15, 0.2) is 0 Å². The zero-order valence-electron chi connectivity index (χ0n) is 40.4. The van der Waals surface area contributed by atoms with Crippen LogP contribution in [0, 0.1) is 0 Å². The molecule has 0 aromatic carbocycles. The molecule has 360 valence electrons. The van der Waals surface area contributed by atoms with Crippen LogP contribution < -0.4 is 5.32 Å². The van der Waals surface area contributed by atoms with E-state index in [4.69, 9.17) is 4.52 Å². The molecule has 60 heavy (non-hydrogen) atoms. The average Bonchev–Trinajstić information content (AvgIpc) is 3.22. The SMILES string of the molecule is CCCCCCCCCCCCCCCCCCCCCCCCCCCCCCCC(=O)N[C@@H](COP(=O)(O)O)[C@H](O)CCCCCCCCCCCCCCCCC. The number of nitrogens with one attached hydrogen (secondary N) is 1. The van der Waals surface area contributed by atoms with Crippen LogP contribution in [0.25, 0.3) is 0 Å². The predicted octanol–water partition coefficient (Wildman–Crippen LogP) is 16.9. The van der Waals surface area contributed by atoms with Crippen molar-refractivity contribution in [2.75, 3.05) is 6.61 Å². The largest absolute Gasteiger partial charge is 0.469 e. The number of rotatable bonds is 51. The summed E-state index contributed by atoms with van der Waals surface area (Å²) in [5, 5.41) is 13.6. The molecule has 0 aromatic heterocycles. The number of amides is 1. The Kier molecular flexibility index (Phi) is 47.6. The Hall–Kier alpha value is -0.460. The molecule has 0 fully saturated rings. The van der Waals surface area contributed by atoms with E-state index in [1.54, 1.807) is 0 Å². The number of aliphatic hydroxyl groups excluding tert-OH is 1. The van der Waals surface area contributed by atoms with E-state index in [9.17, 15) is 24.3 Å². The summed E-state index contributed by atoms with van der Waals surface area (Å²) in [6.45, 7) is 4.17. The van der Waals surface area contributed by atoms with Crippen LogP contribution in [-0.4, -0.2) is 39.6 Å². The first kappa shape index (κ1) is 59.5. The van der Waals surface area contributed by atoms with Crippen molar-refractivity contribution in [1.82, 2.24) is 5.32 Å². The van der Waals surface area contributed by atoms with E-state index in [0.29, 0.717) is 12.8 Å². The molecule has 7 nitrogen and oxygen atoms in total. The lowest BCUT2D eigenvalue weighted by atomic mass is 10.0. The Morgan fingerprint density at radius 1 is 0.417 bits per heavy atom. The first-order chi connectivity index (χ1) is 29.3. The number of unbranched alkanes of at least 4 members (excludes halogenated alkanes) is 42. The van der Waals surface area contributed by atoms with Gasteiger partial charge in [-0.3, -0.25) is 9.32 Å². The van der Waals surface area contributed by atoms with Gasteiger partial charge in [0.05, 0.1) is 18.8 Å². The standard InChI is InChI=1S/C52H106NO6P/c1-3-5-7-9-11-13-15-17-19-20-21-22-23-24-25-26-27-28-29-30-31-32-34-36-38-40-42-44-46-48-52(55)53-50(49-59-60(56,57)58)51(54)47-45-43-41-39-37-35-33-18-16-14-12-10-8-6-4-2/h50-51,54H,3-49H2,1-2H3,(H,53,55)(H2,56,57,58)/t50-,51+/m0/s1. The van der Waals surface area contributed by atoms with E-state index in [-0.39, 0.29) is 5.91 Å². The average molecular weight is 872 g/mol. The van der Waals surface area contributed by atoms with Crippen LogP contribution >= 0.6 is 7.82 Å². The van der Waals surface area contributed by atoms with Crippen LogP contribution in [-0.2, 0) is 13.9 Å². The number of carbonyl (C=O) groups excluding carboxylic acids is 1. The third-order valence-electron chi connectivity index (χ3n) is 12.8. The minimum absolute atomic E-state index is 0.185. The van der Waals surface area contributed by atoms with E-state index in [0.717, 1.165) is 38.5 Å². The fraction of sp³-hybridized carbons (Fsp3) is 0.981. The number of hydrogen-bond donors (Lipinski definition) is 4. The number of hydrogen-bond acceptors (Lipinski definition) is 4. The second-order valence-corrected chi connectivity index (χ2v) is 20.2.